The summed E-state index contributed by atoms with van der Waals surface area (Å²) in [5, 5.41) is 2.95. The summed E-state index contributed by atoms with van der Waals surface area (Å²) in [4.78, 5) is 4.53. The SMILES string of the molecule is Br.COc1cc2c(Cc3ccc(Cl)cc3)cnc(C)c2cc1OC. The highest BCUT2D eigenvalue weighted by Crippen LogP contribution is 2.35. The number of rotatable bonds is 4. The lowest BCUT2D eigenvalue weighted by Crippen LogP contribution is -1.97. The van der Waals surface area contributed by atoms with E-state index in [2.05, 4.69) is 4.98 Å². The lowest BCUT2D eigenvalue weighted by atomic mass is 9.99. The highest BCUT2D eigenvalue weighted by atomic mass is 79.9. The Morgan fingerprint density at radius 2 is 1.54 bits per heavy atom. The van der Waals surface area contributed by atoms with E-state index in [1.165, 1.54) is 5.56 Å². The number of fused-ring (bicyclic) bond motifs is 1. The molecule has 1 heterocycles. The van der Waals surface area contributed by atoms with Crippen molar-refractivity contribution in [3.05, 3.63) is 64.4 Å². The molecule has 0 aliphatic rings. The van der Waals surface area contributed by atoms with E-state index in [-0.39, 0.29) is 17.0 Å². The monoisotopic (exact) mass is 407 g/mol. The average molecular weight is 409 g/mol. The smallest absolute Gasteiger partial charge is 0.161 e. The van der Waals surface area contributed by atoms with E-state index in [1.807, 2.05) is 49.5 Å². The number of benzene rings is 2. The Balaban J connectivity index is 0.00000208. The Bertz CT molecular complexity index is 850. The number of ether oxygens (including phenoxy) is 2. The number of nitrogens with zero attached hydrogens (tertiary/aromatic N) is 1. The van der Waals surface area contributed by atoms with Crippen LogP contribution in [0.15, 0.2) is 42.6 Å². The molecule has 0 aliphatic carbocycles. The van der Waals surface area contributed by atoms with Crippen LogP contribution < -0.4 is 9.47 Å². The van der Waals surface area contributed by atoms with Gasteiger partial charge in [0, 0.05) is 22.3 Å². The normalized spacial score (nSPS) is 10.3. The van der Waals surface area contributed by atoms with Crippen LogP contribution in [0.5, 0.6) is 11.5 Å². The van der Waals surface area contributed by atoms with Crippen LogP contribution in [0.3, 0.4) is 0 Å². The summed E-state index contributed by atoms with van der Waals surface area (Å²) < 4.78 is 10.8. The second kappa shape index (κ2) is 7.86. The third-order valence-electron chi connectivity index (χ3n) is 3.98. The molecule has 1 aromatic heterocycles. The zero-order chi connectivity index (χ0) is 16.4. The lowest BCUT2D eigenvalue weighted by Gasteiger charge is -2.13. The van der Waals surface area contributed by atoms with Crippen molar-refractivity contribution in [1.82, 2.24) is 4.98 Å². The minimum Gasteiger partial charge on any atom is -0.493 e. The van der Waals surface area contributed by atoms with Crippen molar-refractivity contribution in [1.29, 1.82) is 0 Å². The van der Waals surface area contributed by atoms with Crippen LogP contribution in [-0.4, -0.2) is 19.2 Å². The average Bonchev–Trinajstić information content (AvgIpc) is 2.58. The van der Waals surface area contributed by atoms with E-state index >= 15 is 0 Å². The summed E-state index contributed by atoms with van der Waals surface area (Å²) in [5.41, 5.74) is 3.31. The molecule has 0 radical (unpaired) electrons. The van der Waals surface area contributed by atoms with Crippen molar-refractivity contribution < 1.29 is 9.47 Å². The zero-order valence-corrected chi connectivity index (χ0v) is 16.3. The van der Waals surface area contributed by atoms with E-state index in [0.29, 0.717) is 5.75 Å². The first-order valence-electron chi connectivity index (χ1n) is 7.37. The molecule has 5 heteroatoms. The first kappa shape index (κ1) is 18.6. The quantitative estimate of drug-likeness (QED) is 0.580. The minimum atomic E-state index is 0. The van der Waals surface area contributed by atoms with E-state index < -0.39 is 0 Å². The fourth-order valence-electron chi connectivity index (χ4n) is 2.72. The molecule has 0 aliphatic heterocycles. The van der Waals surface area contributed by atoms with Crippen molar-refractivity contribution in [3.8, 4) is 11.5 Å². The number of aromatic nitrogens is 1. The Hall–Kier alpha value is -1.78. The molecule has 0 amide bonds. The van der Waals surface area contributed by atoms with Gasteiger partial charge in [-0.2, -0.15) is 0 Å². The summed E-state index contributed by atoms with van der Waals surface area (Å²) >= 11 is 5.96. The van der Waals surface area contributed by atoms with Crippen LogP contribution in [0.25, 0.3) is 10.8 Å². The van der Waals surface area contributed by atoms with Gasteiger partial charge in [-0.05, 0) is 54.1 Å². The highest BCUT2D eigenvalue weighted by molar-refractivity contribution is 8.93. The lowest BCUT2D eigenvalue weighted by molar-refractivity contribution is 0.356. The molecule has 0 bridgehead atoms. The van der Waals surface area contributed by atoms with Crippen molar-refractivity contribution in [2.75, 3.05) is 14.2 Å². The van der Waals surface area contributed by atoms with Crippen LogP contribution in [0.2, 0.25) is 5.02 Å². The molecular formula is C19H19BrClNO2. The predicted octanol–water partition coefficient (Wildman–Crippen LogP) is 5.38. The molecule has 0 unspecified atom stereocenters. The molecule has 2 aromatic carbocycles. The zero-order valence-electron chi connectivity index (χ0n) is 13.8. The summed E-state index contributed by atoms with van der Waals surface area (Å²) in [6.07, 6.45) is 2.72. The molecule has 126 valence electrons. The maximum Gasteiger partial charge on any atom is 0.161 e. The molecule has 3 nitrogen and oxygen atoms in total. The van der Waals surface area contributed by atoms with Gasteiger partial charge in [0.05, 0.1) is 14.2 Å². The largest absolute Gasteiger partial charge is 0.493 e. The number of methoxy groups -OCH3 is 2. The molecule has 24 heavy (non-hydrogen) atoms. The van der Waals surface area contributed by atoms with Gasteiger partial charge in [-0.15, -0.1) is 17.0 Å². The first-order chi connectivity index (χ1) is 11.1. The number of pyridine rings is 1. The second-order valence-electron chi connectivity index (χ2n) is 5.42. The molecule has 0 spiro atoms. The first-order valence-corrected chi connectivity index (χ1v) is 7.75. The second-order valence-corrected chi connectivity index (χ2v) is 5.86. The van der Waals surface area contributed by atoms with Crippen LogP contribution >= 0.6 is 28.6 Å². The summed E-state index contributed by atoms with van der Waals surface area (Å²) in [5.74, 6) is 1.44. The van der Waals surface area contributed by atoms with Crippen LogP contribution in [0.1, 0.15) is 16.8 Å². The Kier molecular flexibility index (Phi) is 6.08. The van der Waals surface area contributed by atoms with E-state index in [1.54, 1.807) is 14.2 Å². The van der Waals surface area contributed by atoms with Gasteiger partial charge in [0.15, 0.2) is 11.5 Å². The third kappa shape index (κ3) is 3.65. The molecule has 0 atom stereocenters. The molecule has 0 saturated carbocycles. The fourth-order valence-corrected chi connectivity index (χ4v) is 2.85. The van der Waals surface area contributed by atoms with Crippen molar-refractivity contribution in [2.45, 2.75) is 13.3 Å². The number of hydrogen-bond donors (Lipinski definition) is 0. The van der Waals surface area contributed by atoms with Crippen molar-refractivity contribution in [2.24, 2.45) is 0 Å². The number of halogens is 2. The van der Waals surface area contributed by atoms with Gasteiger partial charge in [-0.3, -0.25) is 4.98 Å². The van der Waals surface area contributed by atoms with Gasteiger partial charge in [-0.25, -0.2) is 0 Å². The summed E-state index contributed by atoms with van der Waals surface area (Å²) in [6, 6.07) is 11.9. The maximum atomic E-state index is 5.96. The van der Waals surface area contributed by atoms with E-state index in [0.717, 1.165) is 39.2 Å². The number of hydrogen-bond acceptors (Lipinski definition) is 3. The summed E-state index contributed by atoms with van der Waals surface area (Å²) in [6.45, 7) is 2.00. The van der Waals surface area contributed by atoms with Crippen LogP contribution in [-0.2, 0) is 6.42 Å². The van der Waals surface area contributed by atoms with Crippen LogP contribution in [0.4, 0.5) is 0 Å². The molecule has 3 aromatic rings. The molecule has 0 saturated heterocycles. The Morgan fingerprint density at radius 1 is 0.958 bits per heavy atom. The standard InChI is InChI=1S/C19H18ClNO2.BrH/c1-12-16-9-18(22-2)19(23-3)10-17(16)14(11-21-12)8-13-4-6-15(20)7-5-13;/h4-7,9-11H,8H2,1-3H3;1H. The van der Waals surface area contributed by atoms with Gasteiger partial charge in [0.2, 0.25) is 0 Å². The molecule has 0 fully saturated rings. The third-order valence-corrected chi connectivity index (χ3v) is 4.23. The Labute approximate surface area is 157 Å². The van der Waals surface area contributed by atoms with Crippen molar-refractivity contribution in [3.63, 3.8) is 0 Å². The molecule has 3 rings (SSSR count). The molecular weight excluding hydrogens is 390 g/mol. The Morgan fingerprint density at radius 3 is 2.12 bits per heavy atom. The van der Waals surface area contributed by atoms with Crippen LogP contribution in [0, 0.1) is 6.92 Å². The van der Waals surface area contributed by atoms with Gasteiger partial charge in [-0.1, -0.05) is 23.7 Å². The highest BCUT2D eigenvalue weighted by Gasteiger charge is 2.12. The van der Waals surface area contributed by atoms with E-state index in [9.17, 15) is 0 Å². The fraction of sp³-hybridized carbons (Fsp3) is 0.211. The van der Waals surface area contributed by atoms with Crippen molar-refractivity contribution >= 4 is 39.4 Å². The van der Waals surface area contributed by atoms with Gasteiger partial charge in [0.25, 0.3) is 0 Å². The number of aryl methyl sites for hydroxylation is 1. The maximum absolute atomic E-state index is 5.96. The topological polar surface area (TPSA) is 31.4 Å². The van der Waals surface area contributed by atoms with E-state index in [4.69, 9.17) is 21.1 Å². The predicted molar refractivity (Wildman–Crippen MR) is 104 cm³/mol. The minimum absolute atomic E-state index is 0. The van der Waals surface area contributed by atoms with Gasteiger partial charge in [0.1, 0.15) is 0 Å². The molecule has 0 N–H and O–H groups in total. The summed E-state index contributed by atoms with van der Waals surface area (Å²) in [7, 11) is 3.29. The van der Waals surface area contributed by atoms with Gasteiger partial charge >= 0.3 is 0 Å². The van der Waals surface area contributed by atoms with Gasteiger partial charge < -0.3 is 9.47 Å².